The minimum Gasteiger partial charge on any atom is -0.324 e. The van der Waals surface area contributed by atoms with Gasteiger partial charge in [0.2, 0.25) is 17.7 Å². The Bertz CT molecular complexity index is 1120. The van der Waals surface area contributed by atoms with E-state index < -0.39 is 23.3 Å². The number of carbonyl (C=O) groups is 3. The Hall–Kier alpha value is -2.77. The molecule has 3 amide bonds. The molecule has 2 aromatic carbocycles. The topological polar surface area (TPSA) is 78.5 Å². The highest BCUT2D eigenvalue weighted by Crippen LogP contribution is 2.54. The first-order chi connectivity index (χ1) is 14.7. The fourth-order valence-corrected chi connectivity index (χ4v) is 5.44. The molecular formula is C23H21ClFN3O3. The molecule has 160 valence electrons. The third kappa shape index (κ3) is 2.76. The second-order valence-electron chi connectivity index (χ2n) is 8.76. The smallest absolute Gasteiger partial charge is 0.250 e. The minimum absolute atomic E-state index is 0.00503. The molecule has 0 saturated carbocycles. The molecule has 2 aromatic rings. The van der Waals surface area contributed by atoms with Crippen molar-refractivity contribution in [3.63, 3.8) is 0 Å². The molecule has 2 fully saturated rings. The molecule has 4 atom stereocenters. The van der Waals surface area contributed by atoms with Crippen molar-refractivity contribution in [3.05, 3.63) is 64.4 Å². The molecule has 0 aliphatic carbocycles. The van der Waals surface area contributed by atoms with Gasteiger partial charge < -0.3 is 5.32 Å². The largest absolute Gasteiger partial charge is 0.324 e. The van der Waals surface area contributed by atoms with Gasteiger partial charge in [-0.2, -0.15) is 0 Å². The van der Waals surface area contributed by atoms with E-state index in [1.54, 1.807) is 30.3 Å². The summed E-state index contributed by atoms with van der Waals surface area (Å²) in [5.74, 6) is -3.02. The molecule has 0 bridgehead atoms. The van der Waals surface area contributed by atoms with Gasteiger partial charge in [0, 0.05) is 22.3 Å². The highest BCUT2D eigenvalue weighted by atomic mass is 35.5. The van der Waals surface area contributed by atoms with E-state index in [4.69, 9.17) is 11.6 Å². The number of imide groups is 1. The van der Waals surface area contributed by atoms with Crippen molar-refractivity contribution >= 4 is 35.0 Å². The van der Waals surface area contributed by atoms with Crippen LogP contribution >= 0.6 is 11.6 Å². The molecule has 0 aromatic heterocycles. The maximum absolute atomic E-state index is 13.6. The van der Waals surface area contributed by atoms with Crippen molar-refractivity contribution in [2.75, 3.05) is 5.32 Å². The number of likely N-dealkylation sites (tertiary alicyclic amines) is 1. The van der Waals surface area contributed by atoms with Crippen LogP contribution in [0.15, 0.2) is 42.5 Å². The second-order valence-corrected chi connectivity index (χ2v) is 9.20. The molecule has 2 N–H and O–H groups in total. The Balaban J connectivity index is 1.61. The van der Waals surface area contributed by atoms with E-state index in [9.17, 15) is 18.8 Å². The number of nitrogens with one attached hydrogen (secondary N) is 2. The Morgan fingerprint density at radius 2 is 1.81 bits per heavy atom. The van der Waals surface area contributed by atoms with Crippen LogP contribution < -0.4 is 10.6 Å². The normalized spacial score (nSPS) is 29.1. The molecule has 8 heteroatoms. The average molecular weight is 442 g/mol. The maximum atomic E-state index is 13.6. The Labute approximate surface area is 183 Å². The molecule has 3 aliphatic rings. The van der Waals surface area contributed by atoms with Gasteiger partial charge in [-0.3, -0.25) is 24.6 Å². The molecule has 0 radical (unpaired) electrons. The standard InChI is InChI=1S/C23H21ClFN3O3/c1-11(2)19-17-18(21(30)28(20(17)29)10-12-3-6-14(25)7-4-12)23(27-19)15-9-13(24)5-8-16(15)26-22(23)31/h3-9,11,17-19,27H,10H2,1-2H3,(H,26,31)/t17-,18-,19?,23?/m0/s1. The van der Waals surface area contributed by atoms with Gasteiger partial charge in [0.15, 0.2) is 0 Å². The zero-order chi connectivity index (χ0) is 22.1. The van der Waals surface area contributed by atoms with Crippen molar-refractivity contribution in [1.82, 2.24) is 10.2 Å². The molecule has 2 unspecified atom stereocenters. The summed E-state index contributed by atoms with van der Waals surface area (Å²) >= 11 is 6.23. The Morgan fingerprint density at radius 1 is 1.10 bits per heavy atom. The maximum Gasteiger partial charge on any atom is 0.250 e. The fraction of sp³-hybridized carbons (Fsp3) is 0.348. The van der Waals surface area contributed by atoms with Crippen molar-refractivity contribution in [1.29, 1.82) is 0 Å². The van der Waals surface area contributed by atoms with Crippen LogP contribution in [0.2, 0.25) is 5.02 Å². The first-order valence-electron chi connectivity index (χ1n) is 10.2. The highest BCUT2D eigenvalue weighted by molar-refractivity contribution is 6.31. The van der Waals surface area contributed by atoms with Crippen molar-refractivity contribution in [2.45, 2.75) is 32.0 Å². The van der Waals surface area contributed by atoms with Crippen LogP contribution in [-0.4, -0.2) is 28.7 Å². The number of fused-ring (bicyclic) bond motifs is 4. The van der Waals surface area contributed by atoms with Gasteiger partial charge in [-0.25, -0.2) is 4.39 Å². The summed E-state index contributed by atoms with van der Waals surface area (Å²) in [6.45, 7) is 3.95. The SMILES string of the molecule is CC(C)C1NC2(C(=O)Nc3ccc(Cl)cc32)[C@@H]2C(=O)N(Cc3ccc(F)cc3)C(=O)[C@H]12. The van der Waals surface area contributed by atoms with E-state index >= 15 is 0 Å². The van der Waals surface area contributed by atoms with Gasteiger partial charge in [-0.15, -0.1) is 0 Å². The van der Waals surface area contributed by atoms with Gasteiger partial charge in [-0.05, 0) is 41.8 Å². The third-order valence-corrected chi connectivity index (χ3v) is 6.91. The van der Waals surface area contributed by atoms with Gasteiger partial charge >= 0.3 is 0 Å². The van der Waals surface area contributed by atoms with Crippen LogP contribution in [0.4, 0.5) is 10.1 Å². The summed E-state index contributed by atoms with van der Waals surface area (Å²) in [5.41, 5.74) is 0.463. The highest BCUT2D eigenvalue weighted by Gasteiger charge is 2.70. The lowest BCUT2D eigenvalue weighted by Crippen LogP contribution is -2.53. The van der Waals surface area contributed by atoms with Crippen LogP contribution in [0, 0.1) is 23.6 Å². The van der Waals surface area contributed by atoms with E-state index in [1.165, 1.54) is 17.0 Å². The van der Waals surface area contributed by atoms with Gasteiger partial charge in [0.25, 0.3) is 0 Å². The predicted molar refractivity (Wildman–Crippen MR) is 112 cm³/mol. The number of anilines is 1. The quantitative estimate of drug-likeness (QED) is 0.717. The zero-order valence-corrected chi connectivity index (χ0v) is 17.7. The zero-order valence-electron chi connectivity index (χ0n) is 17.0. The number of rotatable bonds is 3. The lowest BCUT2D eigenvalue weighted by molar-refractivity contribution is -0.143. The predicted octanol–water partition coefficient (Wildman–Crippen LogP) is 3.06. The molecule has 3 aliphatic heterocycles. The van der Waals surface area contributed by atoms with Gasteiger partial charge in [0.1, 0.15) is 11.4 Å². The first kappa shape index (κ1) is 20.2. The molecule has 1 spiro atoms. The monoisotopic (exact) mass is 441 g/mol. The lowest BCUT2D eigenvalue weighted by atomic mass is 9.76. The van der Waals surface area contributed by atoms with Crippen molar-refractivity contribution < 1.29 is 18.8 Å². The first-order valence-corrected chi connectivity index (χ1v) is 10.6. The van der Waals surface area contributed by atoms with Crippen LogP contribution in [0.25, 0.3) is 0 Å². The number of carbonyl (C=O) groups excluding carboxylic acids is 3. The van der Waals surface area contributed by atoms with Crippen LogP contribution in [-0.2, 0) is 26.5 Å². The third-order valence-electron chi connectivity index (χ3n) is 6.68. The molecule has 31 heavy (non-hydrogen) atoms. The van der Waals surface area contributed by atoms with Crippen molar-refractivity contribution in [3.8, 4) is 0 Å². The minimum atomic E-state index is -1.36. The molecule has 5 rings (SSSR count). The number of benzene rings is 2. The molecular weight excluding hydrogens is 421 g/mol. The molecule has 3 heterocycles. The Morgan fingerprint density at radius 3 is 2.48 bits per heavy atom. The van der Waals surface area contributed by atoms with Gasteiger partial charge in [-0.1, -0.05) is 37.6 Å². The average Bonchev–Trinajstić information content (AvgIpc) is 3.31. The van der Waals surface area contributed by atoms with E-state index in [1.807, 2.05) is 13.8 Å². The number of hydrogen-bond acceptors (Lipinski definition) is 4. The fourth-order valence-electron chi connectivity index (χ4n) is 5.27. The second kappa shape index (κ2) is 6.87. The summed E-state index contributed by atoms with van der Waals surface area (Å²) < 4.78 is 13.3. The number of amides is 3. The van der Waals surface area contributed by atoms with E-state index in [0.29, 0.717) is 21.8 Å². The summed E-state index contributed by atoms with van der Waals surface area (Å²) in [5, 5.41) is 6.66. The number of nitrogens with zero attached hydrogens (tertiary/aromatic N) is 1. The van der Waals surface area contributed by atoms with E-state index in [0.717, 1.165) is 0 Å². The van der Waals surface area contributed by atoms with Crippen LogP contribution in [0.1, 0.15) is 25.0 Å². The lowest BCUT2D eigenvalue weighted by Gasteiger charge is -2.30. The van der Waals surface area contributed by atoms with E-state index in [-0.39, 0.29) is 36.1 Å². The summed E-state index contributed by atoms with van der Waals surface area (Å²) in [6.07, 6.45) is 0. The van der Waals surface area contributed by atoms with Crippen LogP contribution in [0.5, 0.6) is 0 Å². The van der Waals surface area contributed by atoms with Crippen molar-refractivity contribution in [2.24, 2.45) is 17.8 Å². The number of halogens is 2. The molecule has 6 nitrogen and oxygen atoms in total. The Kier molecular flexibility index (Phi) is 4.46. The molecule has 2 saturated heterocycles. The summed E-state index contributed by atoms with van der Waals surface area (Å²) in [7, 11) is 0. The summed E-state index contributed by atoms with van der Waals surface area (Å²) in [6, 6.07) is 10.4. The number of hydrogen-bond donors (Lipinski definition) is 2. The van der Waals surface area contributed by atoms with Crippen LogP contribution in [0.3, 0.4) is 0 Å². The van der Waals surface area contributed by atoms with E-state index in [2.05, 4.69) is 10.6 Å². The summed E-state index contributed by atoms with van der Waals surface area (Å²) in [4.78, 5) is 41.6. The van der Waals surface area contributed by atoms with Gasteiger partial charge in [0.05, 0.1) is 18.4 Å².